The second-order valence-electron chi connectivity index (χ2n) is 4.46. The lowest BCUT2D eigenvalue weighted by atomic mass is 10.4. The third kappa shape index (κ3) is 1.96. The number of aromatic amines is 1. The molecular formula is C11H17N7. The molecule has 2 aromatic rings. The van der Waals surface area contributed by atoms with E-state index in [1.807, 2.05) is 0 Å². The van der Waals surface area contributed by atoms with Crippen molar-refractivity contribution in [2.24, 2.45) is 0 Å². The van der Waals surface area contributed by atoms with Crippen LogP contribution in [-0.4, -0.2) is 43.0 Å². The molecular weight excluding hydrogens is 230 g/mol. The number of nitrogens with zero attached hydrogens (tertiary/aromatic N) is 6. The zero-order valence-electron chi connectivity index (χ0n) is 10.5. The molecule has 1 aliphatic rings. The van der Waals surface area contributed by atoms with Gasteiger partial charge >= 0.3 is 0 Å². The maximum absolute atomic E-state index is 4.33. The molecule has 1 saturated heterocycles. The van der Waals surface area contributed by atoms with Crippen LogP contribution in [0.4, 0.5) is 5.95 Å². The van der Waals surface area contributed by atoms with Gasteiger partial charge in [0.15, 0.2) is 0 Å². The van der Waals surface area contributed by atoms with E-state index < -0.39 is 0 Å². The Morgan fingerprint density at radius 3 is 2.78 bits per heavy atom. The average molecular weight is 247 g/mol. The van der Waals surface area contributed by atoms with Crippen LogP contribution in [0.1, 0.15) is 31.4 Å². The molecule has 3 rings (SSSR count). The van der Waals surface area contributed by atoms with Crippen LogP contribution in [0.15, 0.2) is 6.33 Å². The average Bonchev–Trinajstić information content (AvgIpc) is 3.10. The maximum atomic E-state index is 4.33. The van der Waals surface area contributed by atoms with Crippen molar-refractivity contribution in [3.8, 4) is 0 Å². The Morgan fingerprint density at radius 2 is 2.11 bits per heavy atom. The SMILES string of the molecule is CCn1c(Cc2ncn[nH]2)nnc1N1CCCC1. The summed E-state index contributed by atoms with van der Waals surface area (Å²) in [6.07, 6.45) is 4.65. The largest absolute Gasteiger partial charge is 0.341 e. The van der Waals surface area contributed by atoms with Gasteiger partial charge in [0.05, 0.1) is 6.42 Å². The first-order valence-electron chi connectivity index (χ1n) is 6.39. The third-order valence-electron chi connectivity index (χ3n) is 3.30. The van der Waals surface area contributed by atoms with E-state index in [0.29, 0.717) is 6.42 Å². The molecule has 0 aliphatic carbocycles. The Balaban J connectivity index is 1.86. The fourth-order valence-electron chi connectivity index (χ4n) is 2.40. The van der Waals surface area contributed by atoms with Gasteiger partial charge in [-0.1, -0.05) is 0 Å². The molecule has 0 aromatic carbocycles. The molecule has 1 aliphatic heterocycles. The second kappa shape index (κ2) is 4.75. The van der Waals surface area contributed by atoms with E-state index in [4.69, 9.17) is 0 Å². The maximum Gasteiger partial charge on any atom is 0.227 e. The Hall–Kier alpha value is -1.92. The zero-order chi connectivity index (χ0) is 12.4. The summed E-state index contributed by atoms with van der Waals surface area (Å²) >= 11 is 0. The molecule has 0 atom stereocenters. The third-order valence-corrected chi connectivity index (χ3v) is 3.30. The summed E-state index contributed by atoms with van der Waals surface area (Å²) in [6, 6.07) is 0. The standard InChI is InChI=1S/C11H17N7/c1-2-18-10(7-9-12-8-13-14-9)15-16-11(18)17-5-3-4-6-17/h8H,2-7H2,1H3,(H,12,13,14). The first-order valence-corrected chi connectivity index (χ1v) is 6.39. The highest BCUT2D eigenvalue weighted by Crippen LogP contribution is 2.19. The van der Waals surface area contributed by atoms with Crippen molar-refractivity contribution in [3.05, 3.63) is 18.0 Å². The first kappa shape index (κ1) is 11.2. The van der Waals surface area contributed by atoms with Gasteiger partial charge in [0, 0.05) is 19.6 Å². The number of nitrogens with one attached hydrogen (secondary N) is 1. The Morgan fingerprint density at radius 1 is 1.28 bits per heavy atom. The molecule has 2 aromatic heterocycles. The van der Waals surface area contributed by atoms with Crippen molar-refractivity contribution >= 4 is 5.95 Å². The van der Waals surface area contributed by atoms with Crippen LogP contribution in [0, 0.1) is 0 Å². The number of aromatic nitrogens is 6. The minimum Gasteiger partial charge on any atom is -0.341 e. The Labute approximate surface area is 105 Å². The van der Waals surface area contributed by atoms with E-state index in [1.54, 1.807) is 0 Å². The van der Waals surface area contributed by atoms with Gasteiger partial charge in [0.25, 0.3) is 0 Å². The molecule has 0 radical (unpaired) electrons. The molecule has 7 nitrogen and oxygen atoms in total. The highest BCUT2D eigenvalue weighted by molar-refractivity contribution is 5.32. The quantitative estimate of drug-likeness (QED) is 0.856. The highest BCUT2D eigenvalue weighted by Gasteiger charge is 2.20. The Bertz CT molecular complexity index is 495. The molecule has 0 unspecified atom stereocenters. The summed E-state index contributed by atoms with van der Waals surface area (Å²) in [5.74, 6) is 2.76. The lowest BCUT2D eigenvalue weighted by molar-refractivity contribution is 0.689. The molecule has 0 saturated carbocycles. The molecule has 18 heavy (non-hydrogen) atoms. The molecule has 96 valence electrons. The van der Waals surface area contributed by atoms with Gasteiger partial charge < -0.3 is 4.90 Å². The number of H-pyrrole nitrogens is 1. The summed E-state index contributed by atoms with van der Waals surface area (Å²) in [4.78, 5) is 6.44. The minimum atomic E-state index is 0.648. The minimum absolute atomic E-state index is 0.648. The topological polar surface area (TPSA) is 75.5 Å². The van der Waals surface area contributed by atoms with Crippen molar-refractivity contribution in [2.75, 3.05) is 18.0 Å². The van der Waals surface area contributed by atoms with E-state index in [-0.39, 0.29) is 0 Å². The predicted molar refractivity (Wildman–Crippen MR) is 66.3 cm³/mol. The van der Waals surface area contributed by atoms with Crippen molar-refractivity contribution < 1.29 is 0 Å². The summed E-state index contributed by atoms with van der Waals surface area (Å²) in [7, 11) is 0. The van der Waals surface area contributed by atoms with E-state index >= 15 is 0 Å². The van der Waals surface area contributed by atoms with E-state index in [9.17, 15) is 0 Å². The van der Waals surface area contributed by atoms with E-state index in [2.05, 4.69) is 41.8 Å². The molecule has 0 spiro atoms. The Kier molecular flexibility index (Phi) is 2.95. The second-order valence-corrected chi connectivity index (χ2v) is 4.46. The van der Waals surface area contributed by atoms with Gasteiger partial charge in [-0.05, 0) is 19.8 Å². The fraction of sp³-hybridized carbons (Fsp3) is 0.636. The number of anilines is 1. The summed E-state index contributed by atoms with van der Waals surface area (Å²) in [5, 5.41) is 15.3. The van der Waals surface area contributed by atoms with Crippen molar-refractivity contribution in [1.82, 2.24) is 29.9 Å². The number of hydrogen-bond acceptors (Lipinski definition) is 5. The van der Waals surface area contributed by atoms with E-state index in [1.165, 1.54) is 19.2 Å². The highest BCUT2D eigenvalue weighted by atomic mass is 15.4. The van der Waals surface area contributed by atoms with Crippen LogP contribution >= 0.6 is 0 Å². The monoisotopic (exact) mass is 247 g/mol. The van der Waals surface area contributed by atoms with Crippen LogP contribution in [0.2, 0.25) is 0 Å². The van der Waals surface area contributed by atoms with Gasteiger partial charge in [0.1, 0.15) is 18.0 Å². The van der Waals surface area contributed by atoms with Crippen molar-refractivity contribution in [1.29, 1.82) is 0 Å². The molecule has 1 fully saturated rings. The summed E-state index contributed by atoms with van der Waals surface area (Å²) < 4.78 is 2.16. The fourth-order valence-corrected chi connectivity index (χ4v) is 2.40. The first-order chi connectivity index (χ1) is 8.88. The lowest BCUT2D eigenvalue weighted by Crippen LogP contribution is -2.22. The molecule has 1 N–H and O–H groups in total. The van der Waals surface area contributed by atoms with Gasteiger partial charge in [-0.2, -0.15) is 5.10 Å². The van der Waals surface area contributed by atoms with Crippen LogP contribution in [0.25, 0.3) is 0 Å². The van der Waals surface area contributed by atoms with E-state index in [0.717, 1.165) is 37.2 Å². The smallest absolute Gasteiger partial charge is 0.227 e. The van der Waals surface area contributed by atoms with Gasteiger partial charge in [0.2, 0.25) is 5.95 Å². The van der Waals surface area contributed by atoms with Crippen LogP contribution in [-0.2, 0) is 13.0 Å². The van der Waals surface area contributed by atoms with Crippen molar-refractivity contribution in [3.63, 3.8) is 0 Å². The molecule has 3 heterocycles. The van der Waals surface area contributed by atoms with Gasteiger partial charge in [-0.25, -0.2) is 4.98 Å². The van der Waals surface area contributed by atoms with Crippen molar-refractivity contribution in [2.45, 2.75) is 32.7 Å². The predicted octanol–water partition coefficient (Wildman–Crippen LogP) is 0.607. The lowest BCUT2D eigenvalue weighted by Gasteiger charge is -2.17. The zero-order valence-corrected chi connectivity index (χ0v) is 10.5. The normalized spacial score (nSPS) is 15.5. The van der Waals surface area contributed by atoms with Crippen LogP contribution in [0.5, 0.6) is 0 Å². The molecule has 0 bridgehead atoms. The van der Waals surface area contributed by atoms with Crippen LogP contribution < -0.4 is 4.90 Å². The number of rotatable bonds is 4. The van der Waals surface area contributed by atoms with Gasteiger partial charge in [-0.3, -0.25) is 9.67 Å². The summed E-state index contributed by atoms with van der Waals surface area (Å²) in [6.45, 7) is 5.16. The van der Waals surface area contributed by atoms with Crippen LogP contribution in [0.3, 0.4) is 0 Å². The molecule has 7 heteroatoms. The summed E-state index contributed by atoms with van der Waals surface area (Å²) in [5.41, 5.74) is 0. The molecule has 0 amide bonds. The van der Waals surface area contributed by atoms with Gasteiger partial charge in [-0.15, -0.1) is 10.2 Å². The number of hydrogen-bond donors (Lipinski definition) is 1.